The number of aromatic nitrogens is 3. The number of rotatable bonds is 5. The van der Waals surface area contributed by atoms with Gasteiger partial charge in [-0.05, 0) is 31.5 Å². The summed E-state index contributed by atoms with van der Waals surface area (Å²) in [5.74, 6) is 0.747. The van der Waals surface area contributed by atoms with Crippen LogP contribution in [0.5, 0.6) is 5.75 Å². The maximum Gasteiger partial charge on any atom is 0.289 e. The number of nitrogens with one attached hydrogen (secondary N) is 2. The standard InChI is InChI=1S/C13H16N4O2/c1-3-19-11-6-4-10(5-7-11)9(2)16-13(18)12-14-8-15-17-12/h4-9H,3H2,1-2H3,(H,16,18)(H,14,15,17). The SMILES string of the molecule is CCOc1ccc(C(C)NC(=O)c2ncn[nH]2)cc1. The first-order chi connectivity index (χ1) is 9.20. The summed E-state index contributed by atoms with van der Waals surface area (Å²) in [6.07, 6.45) is 1.30. The highest BCUT2D eigenvalue weighted by Crippen LogP contribution is 2.17. The van der Waals surface area contributed by atoms with Crippen molar-refractivity contribution in [2.75, 3.05) is 6.61 Å². The van der Waals surface area contributed by atoms with Gasteiger partial charge >= 0.3 is 0 Å². The van der Waals surface area contributed by atoms with E-state index in [1.807, 2.05) is 38.1 Å². The van der Waals surface area contributed by atoms with Gasteiger partial charge in [-0.1, -0.05) is 12.1 Å². The molecule has 6 nitrogen and oxygen atoms in total. The van der Waals surface area contributed by atoms with Gasteiger partial charge in [0.15, 0.2) is 0 Å². The molecular formula is C13H16N4O2. The number of ether oxygens (including phenoxy) is 1. The smallest absolute Gasteiger partial charge is 0.289 e. The van der Waals surface area contributed by atoms with E-state index in [0.717, 1.165) is 11.3 Å². The molecule has 2 aromatic rings. The number of nitrogens with zero attached hydrogens (tertiary/aromatic N) is 2. The predicted molar refractivity (Wildman–Crippen MR) is 69.9 cm³/mol. The van der Waals surface area contributed by atoms with E-state index < -0.39 is 0 Å². The molecule has 1 unspecified atom stereocenters. The highest BCUT2D eigenvalue weighted by molar-refractivity contribution is 5.90. The van der Waals surface area contributed by atoms with Gasteiger partial charge in [0.2, 0.25) is 5.82 Å². The van der Waals surface area contributed by atoms with E-state index in [9.17, 15) is 4.79 Å². The monoisotopic (exact) mass is 260 g/mol. The van der Waals surface area contributed by atoms with Crippen LogP contribution >= 0.6 is 0 Å². The van der Waals surface area contributed by atoms with E-state index in [1.165, 1.54) is 6.33 Å². The molecule has 1 heterocycles. The molecule has 0 radical (unpaired) electrons. The Kier molecular flexibility index (Phi) is 4.12. The molecule has 2 N–H and O–H groups in total. The van der Waals surface area contributed by atoms with Crippen LogP contribution in [0.1, 0.15) is 36.1 Å². The number of H-pyrrole nitrogens is 1. The van der Waals surface area contributed by atoms with Crippen molar-refractivity contribution in [3.05, 3.63) is 42.0 Å². The Balaban J connectivity index is 1.99. The Morgan fingerprint density at radius 3 is 2.74 bits per heavy atom. The van der Waals surface area contributed by atoms with Crippen molar-refractivity contribution in [3.63, 3.8) is 0 Å². The number of aromatic amines is 1. The molecule has 1 atom stereocenters. The van der Waals surface area contributed by atoms with Gasteiger partial charge in [-0.3, -0.25) is 9.89 Å². The number of carbonyl (C=O) groups is 1. The summed E-state index contributed by atoms with van der Waals surface area (Å²) >= 11 is 0. The van der Waals surface area contributed by atoms with Gasteiger partial charge in [-0.15, -0.1) is 0 Å². The van der Waals surface area contributed by atoms with Gasteiger partial charge in [0.05, 0.1) is 12.6 Å². The number of hydrogen-bond donors (Lipinski definition) is 2. The van der Waals surface area contributed by atoms with Crippen LogP contribution in [0.25, 0.3) is 0 Å². The minimum absolute atomic E-state index is 0.117. The lowest BCUT2D eigenvalue weighted by atomic mass is 10.1. The van der Waals surface area contributed by atoms with Crippen molar-refractivity contribution < 1.29 is 9.53 Å². The molecular weight excluding hydrogens is 244 g/mol. The lowest BCUT2D eigenvalue weighted by Gasteiger charge is -2.13. The summed E-state index contributed by atoms with van der Waals surface area (Å²) < 4.78 is 5.37. The van der Waals surface area contributed by atoms with Crippen LogP contribution < -0.4 is 10.1 Å². The van der Waals surface area contributed by atoms with Gasteiger partial charge in [-0.25, -0.2) is 4.98 Å². The fourth-order valence-electron chi connectivity index (χ4n) is 1.68. The summed E-state index contributed by atoms with van der Waals surface area (Å²) in [7, 11) is 0. The summed E-state index contributed by atoms with van der Waals surface area (Å²) in [6, 6.07) is 7.51. The minimum Gasteiger partial charge on any atom is -0.494 e. The summed E-state index contributed by atoms with van der Waals surface area (Å²) in [4.78, 5) is 15.6. The van der Waals surface area contributed by atoms with Crippen LogP contribution in [0.2, 0.25) is 0 Å². The Bertz CT molecular complexity index is 522. The van der Waals surface area contributed by atoms with Crippen LogP contribution in [0.15, 0.2) is 30.6 Å². The molecule has 1 aromatic carbocycles. The lowest BCUT2D eigenvalue weighted by molar-refractivity contribution is 0.0930. The largest absolute Gasteiger partial charge is 0.494 e. The quantitative estimate of drug-likeness (QED) is 0.857. The molecule has 100 valence electrons. The number of benzene rings is 1. The molecule has 1 aromatic heterocycles. The molecule has 1 amide bonds. The van der Waals surface area contributed by atoms with Crippen molar-refractivity contribution >= 4 is 5.91 Å². The second kappa shape index (κ2) is 5.99. The maximum atomic E-state index is 11.8. The first kappa shape index (κ1) is 13.1. The zero-order chi connectivity index (χ0) is 13.7. The molecule has 6 heteroatoms. The van der Waals surface area contributed by atoms with Crippen molar-refractivity contribution in [2.45, 2.75) is 19.9 Å². The van der Waals surface area contributed by atoms with Crippen LogP contribution in [-0.2, 0) is 0 Å². The van der Waals surface area contributed by atoms with Crippen LogP contribution in [0.4, 0.5) is 0 Å². The Morgan fingerprint density at radius 2 is 2.16 bits per heavy atom. The normalized spacial score (nSPS) is 11.9. The maximum absolute atomic E-state index is 11.8. The molecule has 0 aliphatic heterocycles. The Hall–Kier alpha value is -2.37. The van der Waals surface area contributed by atoms with Crippen LogP contribution in [-0.4, -0.2) is 27.7 Å². The van der Waals surface area contributed by atoms with Crippen LogP contribution in [0, 0.1) is 0 Å². The molecule has 0 bridgehead atoms. The summed E-state index contributed by atoms with van der Waals surface area (Å²) in [5, 5.41) is 9.00. The van der Waals surface area contributed by atoms with Gasteiger partial charge in [-0.2, -0.15) is 5.10 Å². The average molecular weight is 260 g/mol. The van der Waals surface area contributed by atoms with Gasteiger partial charge in [0, 0.05) is 0 Å². The van der Waals surface area contributed by atoms with E-state index >= 15 is 0 Å². The third-order valence-electron chi connectivity index (χ3n) is 2.67. The molecule has 0 aliphatic rings. The summed E-state index contributed by atoms with van der Waals surface area (Å²) in [5.41, 5.74) is 0.997. The number of hydrogen-bond acceptors (Lipinski definition) is 4. The van der Waals surface area contributed by atoms with Crippen molar-refractivity contribution in [1.82, 2.24) is 20.5 Å². The third kappa shape index (κ3) is 3.31. The molecule has 0 spiro atoms. The minimum atomic E-state index is -0.279. The van der Waals surface area contributed by atoms with Crippen molar-refractivity contribution in [1.29, 1.82) is 0 Å². The molecule has 0 saturated heterocycles. The van der Waals surface area contributed by atoms with E-state index in [-0.39, 0.29) is 17.8 Å². The first-order valence-electron chi connectivity index (χ1n) is 6.09. The zero-order valence-electron chi connectivity index (χ0n) is 10.9. The lowest BCUT2D eigenvalue weighted by Crippen LogP contribution is -2.27. The Morgan fingerprint density at radius 1 is 1.42 bits per heavy atom. The topological polar surface area (TPSA) is 79.9 Å². The van der Waals surface area contributed by atoms with E-state index in [1.54, 1.807) is 0 Å². The van der Waals surface area contributed by atoms with Crippen LogP contribution in [0.3, 0.4) is 0 Å². The number of carbonyl (C=O) groups excluding carboxylic acids is 1. The van der Waals surface area contributed by atoms with E-state index in [0.29, 0.717) is 6.61 Å². The summed E-state index contributed by atoms with van der Waals surface area (Å²) in [6.45, 7) is 4.48. The Labute approximate surface area is 111 Å². The molecule has 2 rings (SSSR count). The van der Waals surface area contributed by atoms with Crippen molar-refractivity contribution in [3.8, 4) is 5.75 Å². The average Bonchev–Trinajstić information content (AvgIpc) is 2.94. The van der Waals surface area contributed by atoms with Gasteiger partial charge in [0.25, 0.3) is 5.91 Å². The molecule has 0 fully saturated rings. The van der Waals surface area contributed by atoms with Crippen molar-refractivity contribution in [2.24, 2.45) is 0 Å². The first-order valence-corrected chi connectivity index (χ1v) is 6.09. The fraction of sp³-hybridized carbons (Fsp3) is 0.308. The molecule has 0 saturated carbocycles. The van der Waals surface area contributed by atoms with Gasteiger partial charge in [0.1, 0.15) is 12.1 Å². The highest BCUT2D eigenvalue weighted by Gasteiger charge is 2.13. The van der Waals surface area contributed by atoms with E-state index in [2.05, 4.69) is 20.5 Å². The predicted octanol–water partition coefficient (Wildman–Crippen LogP) is 1.69. The molecule has 19 heavy (non-hydrogen) atoms. The fourth-order valence-corrected chi connectivity index (χ4v) is 1.68. The second-order valence-electron chi connectivity index (χ2n) is 4.03. The van der Waals surface area contributed by atoms with E-state index in [4.69, 9.17) is 4.74 Å². The number of amides is 1. The van der Waals surface area contributed by atoms with Gasteiger partial charge < -0.3 is 10.1 Å². The highest BCUT2D eigenvalue weighted by atomic mass is 16.5. The third-order valence-corrected chi connectivity index (χ3v) is 2.67. The second-order valence-corrected chi connectivity index (χ2v) is 4.03. The zero-order valence-corrected chi connectivity index (χ0v) is 10.9. The molecule has 0 aliphatic carbocycles.